The normalized spacial score (nSPS) is 17.4. The second-order valence-corrected chi connectivity index (χ2v) is 5.02. The Balaban J connectivity index is 0.000000212. The molecule has 1 aromatic heterocycles. The van der Waals surface area contributed by atoms with Crippen LogP contribution in [0.1, 0.15) is 30.7 Å². The number of nitrogens with one attached hydrogen (secondary N) is 1. The molecule has 2 heterocycles. The molecule has 4 N–H and O–H groups in total. The number of aliphatic hydroxyl groups excluding tert-OH is 2. The molecule has 1 amide bonds. The maximum Gasteiger partial charge on any atom is 0.327 e. The maximum absolute atomic E-state index is 10.3. The molecule has 8 heteroatoms. The van der Waals surface area contributed by atoms with Gasteiger partial charge in [-0.3, -0.25) is 4.79 Å². The van der Waals surface area contributed by atoms with Gasteiger partial charge in [-0.05, 0) is 12.5 Å². The fourth-order valence-corrected chi connectivity index (χ4v) is 2.34. The van der Waals surface area contributed by atoms with Crippen molar-refractivity contribution in [3.8, 4) is 0 Å². The van der Waals surface area contributed by atoms with Crippen molar-refractivity contribution in [3.63, 3.8) is 0 Å². The summed E-state index contributed by atoms with van der Waals surface area (Å²) in [7, 11) is 0. The summed E-state index contributed by atoms with van der Waals surface area (Å²) in [5, 5.41) is 28.9. The van der Waals surface area contributed by atoms with Crippen LogP contribution in [0.4, 0.5) is 0 Å². The third-order valence-corrected chi connectivity index (χ3v) is 3.45. The van der Waals surface area contributed by atoms with Crippen molar-refractivity contribution in [1.29, 1.82) is 0 Å². The topological polar surface area (TPSA) is 112 Å². The van der Waals surface area contributed by atoms with Gasteiger partial charge >= 0.3 is 5.97 Å². The zero-order valence-corrected chi connectivity index (χ0v) is 12.6. The Labute approximate surface area is 128 Å². The Bertz CT molecular complexity index is 503. The molecular formula is C13H20N2O5S. The molecule has 0 radical (unpaired) electrons. The third kappa shape index (κ3) is 4.76. The van der Waals surface area contributed by atoms with E-state index in [2.05, 4.69) is 17.9 Å². The van der Waals surface area contributed by atoms with Crippen LogP contribution in [0.5, 0.6) is 0 Å². The standard InChI is InChI=1S/C8H11NO2.C5H9NO3S/c10-5-6-1-3-9-4-2-7(11)8(6)9;1-3(7)6-4(2-10)5(8)9/h1,3,7,10-11H,2,4-5H2;4,10H,2H2,1H3,(H,6,7)(H,8,9). The quantitative estimate of drug-likeness (QED) is 0.499. The highest BCUT2D eigenvalue weighted by molar-refractivity contribution is 7.80. The smallest absolute Gasteiger partial charge is 0.327 e. The first-order valence-corrected chi connectivity index (χ1v) is 7.11. The van der Waals surface area contributed by atoms with Gasteiger partial charge in [-0.2, -0.15) is 12.6 Å². The molecule has 1 aliphatic heterocycles. The van der Waals surface area contributed by atoms with Crippen LogP contribution in [0, 0.1) is 0 Å². The van der Waals surface area contributed by atoms with Crippen molar-refractivity contribution in [2.75, 3.05) is 5.75 Å². The molecule has 0 fully saturated rings. The lowest BCUT2D eigenvalue weighted by Gasteiger charge is -2.08. The Kier molecular flexibility index (Phi) is 6.73. The number of hydrogen-bond acceptors (Lipinski definition) is 5. The van der Waals surface area contributed by atoms with E-state index in [4.69, 9.17) is 10.2 Å². The number of aromatic nitrogens is 1. The molecule has 2 unspecified atom stereocenters. The first kappa shape index (κ1) is 17.5. The van der Waals surface area contributed by atoms with Crippen molar-refractivity contribution in [1.82, 2.24) is 9.88 Å². The Morgan fingerprint density at radius 1 is 1.57 bits per heavy atom. The van der Waals surface area contributed by atoms with Gasteiger partial charge in [0.15, 0.2) is 0 Å². The number of carboxylic acid groups (broad SMARTS) is 1. The molecule has 2 atom stereocenters. The lowest BCUT2D eigenvalue weighted by Crippen LogP contribution is -2.40. The van der Waals surface area contributed by atoms with Gasteiger partial charge in [-0.1, -0.05) is 0 Å². The summed E-state index contributed by atoms with van der Waals surface area (Å²) in [6.45, 7) is 2.16. The molecule has 0 aromatic carbocycles. The first-order chi connectivity index (χ1) is 9.90. The molecule has 7 nitrogen and oxygen atoms in total. The highest BCUT2D eigenvalue weighted by atomic mass is 32.1. The van der Waals surface area contributed by atoms with Crippen LogP contribution in [0.25, 0.3) is 0 Å². The van der Waals surface area contributed by atoms with Crippen molar-refractivity contribution in [2.24, 2.45) is 0 Å². The highest BCUT2D eigenvalue weighted by Gasteiger charge is 2.22. The van der Waals surface area contributed by atoms with Gasteiger partial charge in [-0.25, -0.2) is 4.79 Å². The van der Waals surface area contributed by atoms with Gasteiger partial charge in [0.25, 0.3) is 0 Å². The number of aliphatic hydroxyl groups is 2. The first-order valence-electron chi connectivity index (χ1n) is 6.48. The minimum Gasteiger partial charge on any atom is -0.480 e. The predicted octanol–water partition coefficient (Wildman–Crippen LogP) is -0.0770. The Hall–Kier alpha value is -1.51. The van der Waals surface area contributed by atoms with E-state index in [0.29, 0.717) is 0 Å². The van der Waals surface area contributed by atoms with E-state index in [1.807, 2.05) is 16.8 Å². The summed E-state index contributed by atoms with van der Waals surface area (Å²) >= 11 is 3.73. The van der Waals surface area contributed by atoms with Crippen LogP contribution in [-0.4, -0.2) is 43.6 Å². The average molecular weight is 316 g/mol. The summed E-state index contributed by atoms with van der Waals surface area (Å²) < 4.78 is 2.00. The number of rotatable bonds is 4. The number of carboxylic acids is 1. The fourth-order valence-electron chi connectivity index (χ4n) is 2.09. The number of nitrogens with zero attached hydrogens (tertiary/aromatic N) is 1. The van der Waals surface area contributed by atoms with Gasteiger partial charge in [0.05, 0.1) is 18.4 Å². The van der Waals surface area contributed by atoms with E-state index in [1.54, 1.807) is 0 Å². The van der Waals surface area contributed by atoms with Crippen molar-refractivity contribution in [3.05, 3.63) is 23.5 Å². The number of aryl methyl sites for hydroxylation is 1. The Morgan fingerprint density at radius 3 is 2.67 bits per heavy atom. The fraction of sp³-hybridized carbons (Fsp3) is 0.538. The van der Waals surface area contributed by atoms with Crippen LogP contribution >= 0.6 is 12.6 Å². The summed E-state index contributed by atoms with van der Waals surface area (Å²) in [6, 6.07) is 0.985. The van der Waals surface area contributed by atoms with Crippen LogP contribution in [-0.2, 0) is 22.7 Å². The zero-order chi connectivity index (χ0) is 16.0. The van der Waals surface area contributed by atoms with Crippen molar-refractivity contribution in [2.45, 2.75) is 38.6 Å². The van der Waals surface area contributed by atoms with Crippen LogP contribution in [0.2, 0.25) is 0 Å². The van der Waals surface area contributed by atoms with E-state index in [-0.39, 0.29) is 24.4 Å². The van der Waals surface area contributed by atoms with Gasteiger partial charge < -0.3 is 25.2 Å². The summed E-state index contributed by atoms with van der Waals surface area (Å²) in [6.07, 6.45) is 2.33. The summed E-state index contributed by atoms with van der Waals surface area (Å²) in [5.74, 6) is -1.32. The number of amides is 1. The molecule has 0 aliphatic carbocycles. The van der Waals surface area contributed by atoms with Crippen molar-refractivity contribution < 1.29 is 24.9 Å². The molecule has 0 saturated carbocycles. The molecule has 0 saturated heterocycles. The SMILES string of the molecule is CC(=O)NC(CS)C(=O)O.OCc1ccn2c1C(O)CC2. The van der Waals surface area contributed by atoms with Gasteiger partial charge in [0.1, 0.15) is 6.04 Å². The number of carbonyl (C=O) groups is 2. The molecule has 1 aliphatic rings. The molecule has 1 aromatic rings. The number of thiol groups is 1. The molecule has 2 rings (SSSR count). The van der Waals surface area contributed by atoms with Crippen molar-refractivity contribution >= 4 is 24.5 Å². The third-order valence-electron chi connectivity index (χ3n) is 3.08. The van der Waals surface area contributed by atoms with Gasteiger partial charge in [0.2, 0.25) is 5.91 Å². The predicted molar refractivity (Wildman–Crippen MR) is 79.0 cm³/mol. The summed E-state index contributed by atoms with van der Waals surface area (Å²) in [4.78, 5) is 20.5. The Morgan fingerprint density at radius 2 is 2.24 bits per heavy atom. The summed E-state index contributed by atoms with van der Waals surface area (Å²) in [5.41, 5.74) is 1.75. The molecule has 118 valence electrons. The molecular weight excluding hydrogens is 296 g/mol. The lowest BCUT2D eigenvalue weighted by molar-refractivity contribution is -0.140. The number of fused-ring (bicyclic) bond motifs is 1. The lowest BCUT2D eigenvalue weighted by atomic mass is 10.1. The van der Waals surface area contributed by atoms with E-state index >= 15 is 0 Å². The number of hydrogen-bond donors (Lipinski definition) is 5. The molecule has 0 bridgehead atoms. The number of carbonyl (C=O) groups excluding carboxylic acids is 1. The largest absolute Gasteiger partial charge is 0.480 e. The second-order valence-electron chi connectivity index (χ2n) is 4.66. The molecule has 21 heavy (non-hydrogen) atoms. The van der Waals surface area contributed by atoms with E-state index in [0.717, 1.165) is 24.2 Å². The van der Waals surface area contributed by atoms with Crippen LogP contribution < -0.4 is 5.32 Å². The van der Waals surface area contributed by atoms with Gasteiger partial charge in [0, 0.05) is 31.0 Å². The monoisotopic (exact) mass is 316 g/mol. The molecule has 0 spiro atoms. The van der Waals surface area contributed by atoms with E-state index in [1.165, 1.54) is 6.92 Å². The average Bonchev–Trinajstić information content (AvgIpc) is 2.99. The van der Waals surface area contributed by atoms with E-state index in [9.17, 15) is 14.7 Å². The highest BCUT2D eigenvalue weighted by Crippen LogP contribution is 2.29. The van der Waals surface area contributed by atoms with Gasteiger partial charge in [-0.15, -0.1) is 0 Å². The van der Waals surface area contributed by atoms with Crippen LogP contribution in [0.3, 0.4) is 0 Å². The zero-order valence-electron chi connectivity index (χ0n) is 11.7. The number of aliphatic carboxylic acids is 1. The minimum atomic E-state index is -1.06. The van der Waals surface area contributed by atoms with E-state index < -0.39 is 12.0 Å². The van der Waals surface area contributed by atoms with Crippen LogP contribution in [0.15, 0.2) is 12.3 Å². The minimum absolute atomic E-state index is 0.0272. The second kappa shape index (κ2) is 8.06. The maximum atomic E-state index is 10.3.